The van der Waals surface area contributed by atoms with Gasteiger partial charge in [-0.05, 0) is 55.4 Å². The molecule has 19 heavy (non-hydrogen) atoms. The van der Waals surface area contributed by atoms with E-state index in [0.29, 0.717) is 11.8 Å². The second kappa shape index (κ2) is 4.08. The van der Waals surface area contributed by atoms with Gasteiger partial charge in [0.05, 0.1) is 0 Å². The van der Waals surface area contributed by atoms with Crippen molar-refractivity contribution in [2.45, 2.75) is 31.6 Å². The highest BCUT2D eigenvalue weighted by molar-refractivity contribution is 5.56. The van der Waals surface area contributed by atoms with Crippen molar-refractivity contribution in [1.82, 2.24) is 10.1 Å². The fourth-order valence-corrected chi connectivity index (χ4v) is 3.69. The van der Waals surface area contributed by atoms with E-state index in [1.54, 1.807) is 0 Å². The molecule has 3 atom stereocenters. The predicted octanol–water partition coefficient (Wildman–Crippen LogP) is 3.22. The highest BCUT2D eigenvalue weighted by Gasteiger charge is 2.42. The average Bonchev–Trinajstić information content (AvgIpc) is 3.15. The van der Waals surface area contributed by atoms with Crippen molar-refractivity contribution in [2.75, 3.05) is 5.73 Å². The quantitative estimate of drug-likeness (QED) is 0.837. The summed E-state index contributed by atoms with van der Waals surface area (Å²) in [6.45, 7) is 0. The first-order chi connectivity index (χ1) is 9.29. The molecule has 1 aromatic heterocycles. The van der Waals surface area contributed by atoms with E-state index >= 15 is 0 Å². The van der Waals surface area contributed by atoms with Gasteiger partial charge in [-0.3, -0.25) is 0 Å². The molecule has 3 unspecified atom stereocenters. The van der Waals surface area contributed by atoms with E-state index in [-0.39, 0.29) is 0 Å². The minimum Gasteiger partial charge on any atom is -0.399 e. The number of nitrogens with zero attached hydrogens (tertiary/aromatic N) is 2. The van der Waals surface area contributed by atoms with Crippen molar-refractivity contribution >= 4 is 5.69 Å². The molecule has 2 fully saturated rings. The maximum Gasteiger partial charge on any atom is 0.257 e. The Morgan fingerprint density at radius 1 is 1.11 bits per heavy atom. The number of hydrogen-bond acceptors (Lipinski definition) is 4. The zero-order valence-corrected chi connectivity index (χ0v) is 10.7. The number of fused-ring (bicyclic) bond motifs is 2. The first kappa shape index (κ1) is 11.0. The molecule has 1 heterocycles. The molecule has 4 rings (SSSR count). The van der Waals surface area contributed by atoms with Crippen LogP contribution in [0.2, 0.25) is 0 Å². The Bertz CT molecular complexity index is 590. The first-order valence-corrected chi connectivity index (χ1v) is 6.99. The molecule has 1 aromatic carbocycles. The van der Waals surface area contributed by atoms with Crippen LogP contribution in [0.5, 0.6) is 0 Å². The van der Waals surface area contributed by atoms with Crippen LogP contribution in [0.3, 0.4) is 0 Å². The molecule has 0 aliphatic heterocycles. The maximum atomic E-state index is 5.68. The van der Waals surface area contributed by atoms with Crippen molar-refractivity contribution in [3.05, 3.63) is 30.1 Å². The summed E-state index contributed by atoms with van der Waals surface area (Å²) in [5, 5.41) is 4.20. The summed E-state index contributed by atoms with van der Waals surface area (Å²) in [6.07, 6.45) is 5.33. The van der Waals surface area contributed by atoms with Gasteiger partial charge in [0, 0.05) is 17.2 Å². The van der Waals surface area contributed by atoms with Gasteiger partial charge in [0.1, 0.15) is 0 Å². The highest BCUT2D eigenvalue weighted by Crippen LogP contribution is 2.52. The molecule has 0 radical (unpaired) electrons. The lowest BCUT2D eigenvalue weighted by molar-refractivity contribution is 0.372. The van der Waals surface area contributed by atoms with Gasteiger partial charge < -0.3 is 10.3 Å². The van der Waals surface area contributed by atoms with Crippen molar-refractivity contribution in [1.29, 1.82) is 0 Å². The molecule has 98 valence electrons. The molecule has 2 bridgehead atoms. The normalized spacial score (nSPS) is 28.9. The third kappa shape index (κ3) is 1.82. The van der Waals surface area contributed by atoms with Gasteiger partial charge in [0.15, 0.2) is 5.82 Å². The van der Waals surface area contributed by atoms with Crippen LogP contribution in [0.25, 0.3) is 11.5 Å². The Hall–Kier alpha value is -1.84. The van der Waals surface area contributed by atoms with Gasteiger partial charge in [0.2, 0.25) is 0 Å². The number of anilines is 1. The molecule has 2 aromatic rings. The zero-order chi connectivity index (χ0) is 12.8. The van der Waals surface area contributed by atoms with E-state index in [1.165, 1.54) is 25.7 Å². The fraction of sp³-hybridized carbons (Fsp3) is 0.467. The van der Waals surface area contributed by atoms with E-state index in [9.17, 15) is 0 Å². The van der Waals surface area contributed by atoms with Crippen LogP contribution in [0, 0.1) is 11.8 Å². The number of rotatable bonds is 2. The Labute approximate surface area is 112 Å². The minimum atomic E-state index is 0.519. The second-order valence-corrected chi connectivity index (χ2v) is 5.86. The minimum absolute atomic E-state index is 0.519. The Kier molecular flexibility index (Phi) is 2.37. The largest absolute Gasteiger partial charge is 0.399 e. The molecule has 4 heteroatoms. The molecule has 0 amide bonds. The van der Waals surface area contributed by atoms with Gasteiger partial charge in [0.25, 0.3) is 5.89 Å². The van der Waals surface area contributed by atoms with Crippen molar-refractivity contribution in [3.63, 3.8) is 0 Å². The number of nitrogen functional groups attached to an aromatic ring is 1. The summed E-state index contributed by atoms with van der Waals surface area (Å²) < 4.78 is 5.41. The summed E-state index contributed by atoms with van der Waals surface area (Å²) in [6, 6.07) is 7.56. The monoisotopic (exact) mass is 255 g/mol. The third-order valence-corrected chi connectivity index (χ3v) is 4.67. The molecular weight excluding hydrogens is 238 g/mol. The van der Waals surface area contributed by atoms with Crippen molar-refractivity contribution < 1.29 is 4.52 Å². The summed E-state index contributed by atoms with van der Waals surface area (Å²) in [5.74, 6) is 3.71. The lowest BCUT2D eigenvalue weighted by Gasteiger charge is -2.17. The first-order valence-electron chi connectivity index (χ1n) is 6.99. The second-order valence-electron chi connectivity index (χ2n) is 5.86. The average molecular weight is 255 g/mol. The summed E-state index contributed by atoms with van der Waals surface area (Å²) in [7, 11) is 0. The number of benzene rings is 1. The summed E-state index contributed by atoms with van der Waals surface area (Å²) in [4.78, 5) is 4.59. The molecule has 0 saturated heterocycles. The third-order valence-electron chi connectivity index (χ3n) is 4.67. The lowest BCUT2D eigenvalue weighted by atomic mass is 9.88. The maximum absolute atomic E-state index is 5.68. The zero-order valence-electron chi connectivity index (χ0n) is 10.7. The molecule has 2 aliphatic rings. The van der Waals surface area contributed by atoms with Crippen LogP contribution in [-0.4, -0.2) is 10.1 Å². The molecular formula is C15H17N3O. The Balaban J connectivity index is 1.61. The molecule has 2 N–H and O–H groups in total. The van der Waals surface area contributed by atoms with Crippen LogP contribution in [-0.2, 0) is 0 Å². The lowest BCUT2D eigenvalue weighted by Crippen LogP contribution is -2.09. The Morgan fingerprint density at radius 2 is 1.95 bits per heavy atom. The number of aromatic nitrogens is 2. The van der Waals surface area contributed by atoms with Crippen LogP contribution < -0.4 is 5.73 Å². The smallest absolute Gasteiger partial charge is 0.257 e. The van der Waals surface area contributed by atoms with E-state index < -0.39 is 0 Å². The van der Waals surface area contributed by atoms with Crippen LogP contribution in [0.1, 0.15) is 37.4 Å². The van der Waals surface area contributed by atoms with E-state index in [1.807, 2.05) is 24.3 Å². The van der Waals surface area contributed by atoms with Crippen LogP contribution in [0.4, 0.5) is 5.69 Å². The van der Waals surface area contributed by atoms with Crippen LogP contribution >= 0.6 is 0 Å². The van der Waals surface area contributed by atoms with Gasteiger partial charge in [-0.15, -0.1) is 0 Å². The molecule has 2 saturated carbocycles. The van der Waals surface area contributed by atoms with E-state index in [0.717, 1.165) is 28.9 Å². The van der Waals surface area contributed by atoms with Crippen molar-refractivity contribution in [3.8, 4) is 11.5 Å². The van der Waals surface area contributed by atoms with E-state index in [4.69, 9.17) is 10.3 Å². The van der Waals surface area contributed by atoms with Gasteiger partial charge in [-0.25, -0.2) is 0 Å². The van der Waals surface area contributed by atoms with E-state index in [2.05, 4.69) is 10.1 Å². The summed E-state index contributed by atoms with van der Waals surface area (Å²) in [5.41, 5.74) is 7.37. The topological polar surface area (TPSA) is 64.9 Å². The molecule has 4 nitrogen and oxygen atoms in total. The highest BCUT2D eigenvalue weighted by atomic mass is 16.5. The fourth-order valence-electron chi connectivity index (χ4n) is 3.69. The summed E-state index contributed by atoms with van der Waals surface area (Å²) >= 11 is 0. The predicted molar refractivity (Wildman–Crippen MR) is 72.3 cm³/mol. The van der Waals surface area contributed by atoms with Gasteiger partial charge in [-0.2, -0.15) is 4.98 Å². The Morgan fingerprint density at radius 3 is 2.63 bits per heavy atom. The number of nitrogens with two attached hydrogens (primary N) is 1. The van der Waals surface area contributed by atoms with Crippen LogP contribution in [0.15, 0.2) is 28.8 Å². The van der Waals surface area contributed by atoms with Crippen molar-refractivity contribution in [2.24, 2.45) is 11.8 Å². The SMILES string of the molecule is Nc1ccc(-c2nc(C3CC4CCC3C4)no2)cc1. The van der Waals surface area contributed by atoms with Gasteiger partial charge >= 0.3 is 0 Å². The molecule has 2 aliphatic carbocycles. The number of hydrogen-bond donors (Lipinski definition) is 1. The molecule has 0 spiro atoms. The van der Waals surface area contributed by atoms with Gasteiger partial charge in [-0.1, -0.05) is 11.6 Å². The standard InChI is InChI=1S/C15H17N3O/c16-12-5-3-10(4-6-12)15-17-14(18-19-15)13-8-9-1-2-11(13)7-9/h3-6,9,11,13H,1-2,7-8,16H2.